The van der Waals surface area contributed by atoms with Gasteiger partial charge in [0.25, 0.3) is 5.91 Å². The molecule has 0 aromatic heterocycles. The van der Waals surface area contributed by atoms with Gasteiger partial charge in [0.1, 0.15) is 6.61 Å². The zero-order valence-electron chi connectivity index (χ0n) is 18.2. The van der Waals surface area contributed by atoms with Crippen LogP contribution in [0.25, 0.3) is 11.1 Å². The van der Waals surface area contributed by atoms with Crippen molar-refractivity contribution in [2.24, 2.45) is 5.92 Å². The summed E-state index contributed by atoms with van der Waals surface area (Å²) in [6.45, 7) is 0.187. The van der Waals surface area contributed by atoms with Gasteiger partial charge in [-0.1, -0.05) is 60.9 Å². The standard InChI is InChI=1S/C26H26N2O5/c29-24(28-18-8-5-7-17(15-18)25(30)31)13-6-14-27-26(32)33-16-23-21-11-3-1-9-19(21)20-10-2-4-12-22(20)23/h1-4,9-12,17-18,23H,5,7-8,14-16H2,(H,27,32)(H,28,29)(H,30,31). The van der Waals surface area contributed by atoms with Crippen molar-refractivity contribution in [3.63, 3.8) is 0 Å². The first-order valence-electron chi connectivity index (χ1n) is 11.1. The quantitative estimate of drug-likeness (QED) is 0.612. The molecule has 1 saturated carbocycles. The minimum atomic E-state index is -0.827. The van der Waals surface area contributed by atoms with Crippen molar-refractivity contribution in [1.82, 2.24) is 10.6 Å². The second-order valence-electron chi connectivity index (χ2n) is 8.35. The van der Waals surface area contributed by atoms with Crippen LogP contribution in [0.4, 0.5) is 4.79 Å². The Kier molecular flexibility index (Phi) is 6.94. The van der Waals surface area contributed by atoms with E-state index in [1.165, 1.54) is 0 Å². The van der Waals surface area contributed by atoms with Gasteiger partial charge in [-0.05, 0) is 47.4 Å². The van der Waals surface area contributed by atoms with Gasteiger partial charge in [0.15, 0.2) is 0 Å². The van der Waals surface area contributed by atoms with E-state index >= 15 is 0 Å². The summed E-state index contributed by atoms with van der Waals surface area (Å²) in [6, 6.07) is 16.0. The third kappa shape index (κ3) is 5.35. The highest BCUT2D eigenvalue weighted by atomic mass is 16.5. The number of rotatable bonds is 5. The molecular weight excluding hydrogens is 420 g/mol. The molecule has 0 aliphatic heterocycles. The fourth-order valence-corrected chi connectivity index (χ4v) is 4.66. The van der Waals surface area contributed by atoms with Gasteiger partial charge in [-0.25, -0.2) is 4.79 Å². The number of carbonyl (C=O) groups excluding carboxylic acids is 2. The van der Waals surface area contributed by atoms with Crippen molar-refractivity contribution in [3.8, 4) is 23.0 Å². The van der Waals surface area contributed by atoms with E-state index < -0.39 is 23.9 Å². The summed E-state index contributed by atoms with van der Waals surface area (Å²) in [4.78, 5) is 35.2. The van der Waals surface area contributed by atoms with Crippen molar-refractivity contribution in [2.45, 2.75) is 37.6 Å². The van der Waals surface area contributed by atoms with E-state index in [0.29, 0.717) is 12.8 Å². The minimum Gasteiger partial charge on any atom is -0.481 e. The van der Waals surface area contributed by atoms with Gasteiger partial charge >= 0.3 is 12.1 Å². The van der Waals surface area contributed by atoms with E-state index in [4.69, 9.17) is 9.84 Å². The number of nitrogens with one attached hydrogen (secondary N) is 2. The molecule has 33 heavy (non-hydrogen) atoms. The van der Waals surface area contributed by atoms with Crippen molar-refractivity contribution >= 4 is 18.0 Å². The molecule has 2 amide bonds. The Labute approximate surface area is 192 Å². The summed E-state index contributed by atoms with van der Waals surface area (Å²) in [5.41, 5.74) is 4.59. The number of amides is 2. The van der Waals surface area contributed by atoms with E-state index in [0.717, 1.165) is 35.1 Å². The second-order valence-corrected chi connectivity index (χ2v) is 8.35. The highest BCUT2D eigenvalue weighted by Gasteiger charge is 2.29. The minimum absolute atomic E-state index is 0.0213. The molecule has 0 spiro atoms. The molecular formula is C26H26N2O5. The molecule has 0 radical (unpaired) electrons. The van der Waals surface area contributed by atoms with Gasteiger partial charge in [0.05, 0.1) is 12.5 Å². The number of ether oxygens (including phenoxy) is 1. The van der Waals surface area contributed by atoms with Crippen LogP contribution >= 0.6 is 0 Å². The number of hydrogen-bond acceptors (Lipinski definition) is 4. The molecule has 3 N–H and O–H groups in total. The molecule has 1 fully saturated rings. The number of alkyl carbamates (subject to hydrolysis) is 1. The van der Waals surface area contributed by atoms with Crippen LogP contribution in [0, 0.1) is 17.8 Å². The Bertz CT molecular complexity index is 1070. The molecule has 170 valence electrons. The first kappa shape index (κ1) is 22.4. The van der Waals surface area contributed by atoms with Gasteiger partial charge in [-0.15, -0.1) is 0 Å². The molecule has 4 rings (SSSR count). The van der Waals surface area contributed by atoms with Crippen molar-refractivity contribution in [1.29, 1.82) is 0 Å². The molecule has 7 heteroatoms. The first-order chi connectivity index (χ1) is 16.0. The average molecular weight is 447 g/mol. The SMILES string of the molecule is O=C(C#CCNC(=O)OCC1c2ccccc2-c2ccccc21)NC1CCCC(C(=O)O)C1. The topological polar surface area (TPSA) is 105 Å². The van der Waals surface area contributed by atoms with E-state index in [9.17, 15) is 14.4 Å². The van der Waals surface area contributed by atoms with Gasteiger partial charge in [-0.3, -0.25) is 9.59 Å². The first-order valence-corrected chi connectivity index (χ1v) is 11.1. The van der Waals surface area contributed by atoms with Crippen molar-refractivity contribution in [2.75, 3.05) is 13.2 Å². The lowest BCUT2D eigenvalue weighted by molar-refractivity contribution is -0.143. The molecule has 0 saturated heterocycles. The molecule has 2 aromatic rings. The maximum Gasteiger partial charge on any atom is 0.407 e. The number of hydrogen-bond donors (Lipinski definition) is 3. The van der Waals surface area contributed by atoms with Crippen molar-refractivity contribution in [3.05, 3.63) is 59.7 Å². The van der Waals surface area contributed by atoms with Crippen LogP contribution in [0.3, 0.4) is 0 Å². The van der Waals surface area contributed by atoms with Crippen LogP contribution in [0.1, 0.15) is 42.7 Å². The van der Waals surface area contributed by atoms with E-state index in [1.807, 2.05) is 24.3 Å². The van der Waals surface area contributed by atoms with Crippen LogP contribution in [-0.2, 0) is 14.3 Å². The smallest absolute Gasteiger partial charge is 0.407 e. The Morgan fingerprint density at radius 3 is 2.33 bits per heavy atom. The lowest BCUT2D eigenvalue weighted by Gasteiger charge is -2.26. The monoisotopic (exact) mass is 446 g/mol. The Hall–Kier alpha value is -3.79. The normalized spacial score (nSPS) is 18.8. The summed E-state index contributed by atoms with van der Waals surface area (Å²) in [6.07, 6.45) is 1.97. The molecule has 2 unspecified atom stereocenters. The third-order valence-corrected chi connectivity index (χ3v) is 6.23. The molecule has 0 bridgehead atoms. The molecule has 0 heterocycles. The zero-order chi connectivity index (χ0) is 23.2. The van der Waals surface area contributed by atoms with Crippen LogP contribution in [0.5, 0.6) is 0 Å². The predicted octanol–water partition coefficient (Wildman–Crippen LogP) is 3.29. The maximum absolute atomic E-state index is 12.1. The molecule has 2 aliphatic rings. The van der Waals surface area contributed by atoms with Gasteiger partial charge in [-0.2, -0.15) is 0 Å². The lowest BCUT2D eigenvalue weighted by Crippen LogP contribution is -2.39. The summed E-state index contributed by atoms with van der Waals surface area (Å²) in [7, 11) is 0. The van der Waals surface area contributed by atoms with Gasteiger partial charge in [0.2, 0.25) is 0 Å². The molecule has 2 aromatic carbocycles. The third-order valence-electron chi connectivity index (χ3n) is 6.23. The second kappa shape index (κ2) is 10.2. The van der Waals surface area contributed by atoms with Crippen LogP contribution in [0.15, 0.2) is 48.5 Å². The van der Waals surface area contributed by atoms with E-state index in [2.05, 4.69) is 46.7 Å². The number of carbonyl (C=O) groups is 3. The lowest BCUT2D eigenvalue weighted by atomic mass is 9.86. The van der Waals surface area contributed by atoms with Crippen LogP contribution in [0.2, 0.25) is 0 Å². The molecule has 2 atom stereocenters. The maximum atomic E-state index is 12.1. The van der Waals surface area contributed by atoms with Crippen LogP contribution in [-0.4, -0.2) is 42.3 Å². The fraction of sp³-hybridized carbons (Fsp3) is 0.346. The van der Waals surface area contributed by atoms with Crippen molar-refractivity contribution < 1.29 is 24.2 Å². The molecule has 2 aliphatic carbocycles. The van der Waals surface area contributed by atoms with Gasteiger partial charge in [0, 0.05) is 12.0 Å². The Balaban J connectivity index is 1.23. The summed E-state index contributed by atoms with van der Waals surface area (Å²) < 4.78 is 5.43. The summed E-state index contributed by atoms with van der Waals surface area (Å²) >= 11 is 0. The average Bonchev–Trinajstić information content (AvgIpc) is 3.14. The predicted molar refractivity (Wildman–Crippen MR) is 122 cm³/mol. The number of aliphatic carboxylic acids is 1. The number of benzene rings is 2. The number of carboxylic acid groups (broad SMARTS) is 1. The van der Waals surface area contributed by atoms with Gasteiger partial charge < -0.3 is 20.5 Å². The summed E-state index contributed by atoms with van der Waals surface area (Å²) in [5, 5.41) is 14.4. The largest absolute Gasteiger partial charge is 0.481 e. The Morgan fingerprint density at radius 1 is 1.00 bits per heavy atom. The number of fused-ring (bicyclic) bond motifs is 3. The van der Waals surface area contributed by atoms with E-state index in [1.54, 1.807) is 0 Å². The fourth-order valence-electron chi connectivity index (χ4n) is 4.66. The van der Waals surface area contributed by atoms with Crippen LogP contribution < -0.4 is 10.6 Å². The summed E-state index contributed by atoms with van der Waals surface area (Å²) in [5.74, 6) is 3.30. The van der Waals surface area contributed by atoms with E-state index in [-0.39, 0.29) is 25.1 Å². The highest BCUT2D eigenvalue weighted by Crippen LogP contribution is 2.44. The zero-order valence-corrected chi connectivity index (χ0v) is 18.2. The Morgan fingerprint density at radius 2 is 1.67 bits per heavy atom. The molecule has 7 nitrogen and oxygen atoms in total. The highest BCUT2D eigenvalue weighted by molar-refractivity contribution is 5.93. The number of carboxylic acids is 1.